The Labute approximate surface area is 178 Å². The molecule has 6 nitrogen and oxygen atoms in total. The van der Waals surface area contributed by atoms with E-state index < -0.39 is 5.60 Å². The fraction of sp³-hybridized carbons (Fsp3) is 0.850. The van der Waals surface area contributed by atoms with Gasteiger partial charge >= 0.3 is 13.2 Å². The van der Waals surface area contributed by atoms with Crippen molar-refractivity contribution in [3.05, 3.63) is 11.5 Å². The number of carbonyl (C=O) groups excluding carboxylic acids is 1. The molecule has 162 valence electrons. The Bertz CT molecular complexity index is 602. The first-order valence-corrected chi connectivity index (χ1v) is 9.59. The summed E-state index contributed by atoms with van der Waals surface area (Å²) in [6.45, 7) is 18.4. The van der Waals surface area contributed by atoms with Crippen molar-refractivity contribution in [1.82, 2.24) is 9.80 Å². The normalized spacial score (nSPS) is 28.8. The third-order valence-electron chi connectivity index (χ3n) is 5.86. The predicted molar refractivity (Wildman–Crippen MR) is 119 cm³/mol. The summed E-state index contributed by atoms with van der Waals surface area (Å²) in [5, 5.41) is 0. The van der Waals surface area contributed by atoms with Gasteiger partial charge in [0.25, 0.3) is 0 Å². The molecule has 0 aromatic carbocycles. The van der Waals surface area contributed by atoms with Crippen LogP contribution in [0.25, 0.3) is 0 Å². The van der Waals surface area contributed by atoms with Crippen molar-refractivity contribution >= 4 is 26.7 Å². The maximum absolute atomic E-state index is 12.5. The number of rotatable bonds is 1. The standard InChI is InChI=1S/C19H33BN2O4.CH4.H2S/c1-13-10-21-11-14(20-25-18(5,6)19(7,8)26-20)9-15(21)12-22(13)16(23)24-17(2,3)4;;/h9,13,15H,10-12H2,1-8H3;1H4;1H2/t13-,15+;;/m1../s1. The number of hydrogen-bond acceptors (Lipinski definition) is 5. The smallest absolute Gasteiger partial charge is 0.444 e. The van der Waals surface area contributed by atoms with Gasteiger partial charge in [-0.1, -0.05) is 13.5 Å². The zero-order valence-electron chi connectivity index (χ0n) is 18.0. The molecule has 0 aromatic heterocycles. The van der Waals surface area contributed by atoms with Gasteiger partial charge in [0.05, 0.1) is 11.2 Å². The molecule has 2 fully saturated rings. The maximum Gasteiger partial charge on any atom is 0.491 e. The molecule has 1 amide bonds. The molecule has 3 rings (SSSR count). The van der Waals surface area contributed by atoms with E-state index in [2.05, 4.69) is 45.6 Å². The van der Waals surface area contributed by atoms with Crippen molar-refractivity contribution in [2.45, 2.75) is 91.7 Å². The zero-order valence-corrected chi connectivity index (χ0v) is 19.0. The summed E-state index contributed by atoms with van der Waals surface area (Å²) in [6.07, 6.45) is 1.98. The van der Waals surface area contributed by atoms with Crippen LogP contribution in [-0.4, -0.2) is 71.5 Å². The van der Waals surface area contributed by atoms with Crippen LogP contribution in [0.5, 0.6) is 0 Å². The molecule has 0 aromatic rings. The number of fused-ring (bicyclic) bond motifs is 1. The summed E-state index contributed by atoms with van der Waals surface area (Å²) in [7, 11) is -0.309. The summed E-state index contributed by atoms with van der Waals surface area (Å²) < 4.78 is 18.0. The van der Waals surface area contributed by atoms with E-state index in [1.165, 1.54) is 0 Å². The number of amides is 1. The van der Waals surface area contributed by atoms with Crippen LogP contribution in [0, 0.1) is 0 Å². The molecule has 2 atom stereocenters. The van der Waals surface area contributed by atoms with E-state index in [-0.39, 0.29) is 57.4 Å². The van der Waals surface area contributed by atoms with Crippen LogP contribution in [0.3, 0.4) is 0 Å². The van der Waals surface area contributed by atoms with E-state index in [0.717, 1.165) is 18.6 Å². The van der Waals surface area contributed by atoms with Crippen LogP contribution >= 0.6 is 13.5 Å². The van der Waals surface area contributed by atoms with E-state index in [0.29, 0.717) is 6.54 Å². The van der Waals surface area contributed by atoms with E-state index in [1.807, 2.05) is 25.7 Å². The molecule has 0 aliphatic carbocycles. The lowest BCUT2D eigenvalue weighted by Gasteiger charge is -2.42. The lowest BCUT2D eigenvalue weighted by Crippen LogP contribution is -2.57. The minimum atomic E-state index is -0.479. The minimum Gasteiger partial charge on any atom is -0.444 e. The van der Waals surface area contributed by atoms with Gasteiger partial charge in [0.1, 0.15) is 5.60 Å². The largest absolute Gasteiger partial charge is 0.491 e. The van der Waals surface area contributed by atoms with Crippen molar-refractivity contribution in [2.24, 2.45) is 0 Å². The van der Waals surface area contributed by atoms with Crippen molar-refractivity contribution in [3.63, 3.8) is 0 Å². The monoisotopic (exact) mass is 414 g/mol. The van der Waals surface area contributed by atoms with Crippen LogP contribution in [0.15, 0.2) is 11.5 Å². The Morgan fingerprint density at radius 1 is 1.18 bits per heavy atom. The molecular weight excluding hydrogens is 375 g/mol. The van der Waals surface area contributed by atoms with Crippen LogP contribution in [0.2, 0.25) is 0 Å². The van der Waals surface area contributed by atoms with Gasteiger partial charge in [-0.25, -0.2) is 4.79 Å². The highest BCUT2D eigenvalue weighted by Gasteiger charge is 2.54. The average molecular weight is 414 g/mol. The second kappa shape index (κ2) is 8.21. The molecule has 0 N–H and O–H groups in total. The number of nitrogens with zero attached hydrogens (tertiary/aromatic N) is 2. The molecule has 3 heterocycles. The Morgan fingerprint density at radius 3 is 2.21 bits per heavy atom. The highest BCUT2D eigenvalue weighted by molar-refractivity contribution is 7.59. The fourth-order valence-electron chi connectivity index (χ4n) is 3.67. The third-order valence-corrected chi connectivity index (χ3v) is 5.86. The minimum absolute atomic E-state index is 0. The number of carbonyl (C=O) groups is 1. The molecule has 3 aliphatic heterocycles. The Kier molecular flexibility index (Phi) is 7.43. The Morgan fingerprint density at radius 2 is 1.71 bits per heavy atom. The molecule has 28 heavy (non-hydrogen) atoms. The number of piperazine rings is 1. The van der Waals surface area contributed by atoms with E-state index in [1.54, 1.807) is 0 Å². The van der Waals surface area contributed by atoms with Gasteiger partial charge in [-0.15, -0.1) is 0 Å². The van der Waals surface area contributed by atoms with E-state index in [9.17, 15) is 4.79 Å². The molecule has 0 saturated carbocycles. The lowest BCUT2D eigenvalue weighted by atomic mass is 9.78. The first kappa shape index (κ1) is 25.3. The summed E-state index contributed by atoms with van der Waals surface area (Å²) >= 11 is 0. The summed E-state index contributed by atoms with van der Waals surface area (Å²) in [5.74, 6) is 0. The maximum atomic E-state index is 12.5. The SMILES string of the molecule is C.C[C@@H]1CN2CC(B3OC(C)(C)C(C)(C)O3)=C[C@H]2CN1C(=O)OC(C)(C)C.S. The third kappa shape index (κ3) is 4.89. The van der Waals surface area contributed by atoms with Crippen molar-refractivity contribution in [3.8, 4) is 0 Å². The van der Waals surface area contributed by atoms with Gasteiger partial charge in [-0.2, -0.15) is 13.5 Å². The van der Waals surface area contributed by atoms with Gasteiger partial charge in [-0.3, -0.25) is 4.90 Å². The van der Waals surface area contributed by atoms with E-state index in [4.69, 9.17) is 14.0 Å². The van der Waals surface area contributed by atoms with Gasteiger partial charge in [-0.05, 0) is 60.9 Å². The fourth-order valence-corrected chi connectivity index (χ4v) is 3.67. The number of ether oxygens (including phenoxy) is 1. The second-order valence-electron chi connectivity index (χ2n) is 9.81. The van der Waals surface area contributed by atoms with Gasteiger partial charge < -0.3 is 18.9 Å². The van der Waals surface area contributed by atoms with Crippen LogP contribution in [0.1, 0.15) is 62.8 Å². The molecule has 8 heteroatoms. The van der Waals surface area contributed by atoms with Crippen molar-refractivity contribution in [1.29, 1.82) is 0 Å². The van der Waals surface area contributed by atoms with Crippen molar-refractivity contribution in [2.75, 3.05) is 19.6 Å². The summed E-state index contributed by atoms with van der Waals surface area (Å²) in [4.78, 5) is 16.8. The molecule has 0 bridgehead atoms. The zero-order chi connectivity index (χ0) is 19.5. The average Bonchev–Trinajstić information content (AvgIpc) is 2.94. The topological polar surface area (TPSA) is 51.2 Å². The predicted octanol–water partition coefficient (Wildman–Crippen LogP) is 3.62. The van der Waals surface area contributed by atoms with Crippen LogP contribution in [-0.2, 0) is 14.0 Å². The summed E-state index contributed by atoms with van der Waals surface area (Å²) in [6, 6.07) is 0.305. The van der Waals surface area contributed by atoms with Gasteiger partial charge in [0, 0.05) is 31.7 Å². The molecular formula is C20H39BN2O4S. The first-order chi connectivity index (χ1) is 11.8. The first-order valence-electron chi connectivity index (χ1n) is 9.59. The molecule has 2 saturated heterocycles. The van der Waals surface area contributed by atoms with Crippen molar-refractivity contribution < 1.29 is 18.8 Å². The van der Waals surface area contributed by atoms with Crippen LogP contribution < -0.4 is 0 Å². The van der Waals surface area contributed by atoms with Gasteiger partial charge in [0.2, 0.25) is 0 Å². The Hall–Kier alpha value is -0.695. The van der Waals surface area contributed by atoms with E-state index >= 15 is 0 Å². The lowest BCUT2D eigenvalue weighted by molar-refractivity contribution is -0.00277. The molecule has 0 spiro atoms. The Balaban J connectivity index is 0.00000196. The highest BCUT2D eigenvalue weighted by Crippen LogP contribution is 2.40. The molecule has 0 unspecified atom stereocenters. The molecule has 0 radical (unpaired) electrons. The summed E-state index contributed by atoms with van der Waals surface area (Å²) in [5.41, 5.74) is 0.00856. The molecule has 3 aliphatic rings. The van der Waals surface area contributed by atoms with Gasteiger partial charge in [0.15, 0.2) is 0 Å². The second-order valence-corrected chi connectivity index (χ2v) is 9.81. The quantitative estimate of drug-likeness (QED) is 0.614. The highest BCUT2D eigenvalue weighted by atomic mass is 32.1. The van der Waals surface area contributed by atoms with Crippen LogP contribution in [0.4, 0.5) is 4.79 Å². The number of hydrogen-bond donors (Lipinski definition) is 0.